The Hall–Kier alpha value is -1.16. The highest BCUT2D eigenvalue weighted by molar-refractivity contribution is 5.31. The van der Waals surface area contributed by atoms with Crippen LogP contribution in [0.4, 0.5) is 5.95 Å². The Morgan fingerprint density at radius 2 is 1.79 bits per heavy atom. The molecule has 2 atom stereocenters. The van der Waals surface area contributed by atoms with Crippen LogP contribution in [0, 0.1) is 17.8 Å². The van der Waals surface area contributed by atoms with Crippen LogP contribution in [-0.4, -0.2) is 47.6 Å². The molecule has 0 unspecified atom stereocenters. The lowest BCUT2D eigenvalue weighted by Crippen LogP contribution is -2.40. The molecule has 1 aromatic rings. The second kappa shape index (κ2) is 4.75. The Morgan fingerprint density at radius 3 is 2.58 bits per heavy atom. The van der Waals surface area contributed by atoms with E-state index in [1.165, 1.54) is 38.9 Å². The highest BCUT2D eigenvalue weighted by atomic mass is 15.3. The van der Waals surface area contributed by atoms with Crippen LogP contribution in [0.3, 0.4) is 0 Å². The zero-order chi connectivity index (χ0) is 12.7. The number of likely N-dealkylation sites (tertiary alicyclic amines) is 1. The summed E-state index contributed by atoms with van der Waals surface area (Å²) in [6.07, 6.45) is 8.00. The molecule has 3 heterocycles. The Labute approximate surface area is 114 Å². The van der Waals surface area contributed by atoms with E-state index in [0.717, 1.165) is 36.8 Å². The van der Waals surface area contributed by atoms with E-state index in [1.54, 1.807) is 0 Å². The minimum atomic E-state index is 0.830. The summed E-state index contributed by atoms with van der Waals surface area (Å²) in [6, 6.07) is 1.89. The van der Waals surface area contributed by atoms with Crippen LogP contribution in [0.15, 0.2) is 18.5 Å². The van der Waals surface area contributed by atoms with Crippen molar-refractivity contribution in [3.05, 3.63) is 18.5 Å². The van der Waals surface area contributed by atoms with Crippen LogP contribution < -0.4 is 4.90 Å². The highest BCUT2D eigenvalue weighted by Gasteiger charge is 2.38. The Balaban J connectivity index is 1.40. The van der Waals surface area contributed by atoms with Gasteiger partial charge in [-0.3, -0.25) is 0 Å². The van der Waals surface area contributed by atoms with E-state index in [4.69, 9.17) is 0 Å². The molecule has 19 heavy (non-hydrogen) atoms. The van der Waals surface area contributed by atoms with Crippen LogP contribution in [0.2, 0.25) is 0 Å². The standard InChI is InChI=1S/C15H22N4/c1-5-16-15(17-6-1)19-10-13-4-7-18(8-12-2-3-12)9-14(13)11-19/h1,5-6,12-14H,2-4,7-11H2/t13-,14+/m0/s1. The predicted molar refractivity (Wildman–Crippen MR) is 75.0 cm³/mol. The summed E-state index contributed by atoms with van der Waals surface area (Å²) >= 11 is 0. The fourth-order valence-corrected chi connectivity index (χ4v) is 3.69. The van der Waals surface area contributed by atoms with Crippen LogP contribution in [0.5, 0.6) is 0 Å². The van der Waals surface area contributed by atoms with Gasteiger partial charge in [-0.2, -0.15) is 0 Å². The van der Waals surface area contributed by atoms with Gasteiger partial charge in [-0.1, -0.05) is 0 Å². The quantitative estimate of drug-likeness (QED) is 0.825. The number of hydrogen-bond acceptors (Lipinski definition) is 4. The topological polar surface area (TPSA) is 32.3 Å². The van der Waals surface area contributed by atoms with E-state index in [-0.39, 0.29) is 0 Å². The summed E-state index contributed by atoms with van der Waals surface area (Å²) in [6.45, 7) is 6.26. The molecule has 1 aromatic heterocycles. The predicted octanol–water partition coefficient (Wildman–Crippen LogP) is 1.64. The Kier molecular flexibility index (Phi) is 2.91. The molecule has 0 amide bonds. The van der Waals surface area contributed by atoms with Crippen molar-refractivity contribution in [1.82, 2.24) is 14.9 Å². The number of hydrogen-bond donors (Lipinski definition) is 0. The van der Waals surface area contributed by atoms with Crippen molar-refractivity contribution in [3.63, 3.8) is 0 Å². The fraction of sp³-hybridized carbons (Fsp3) is 0.733. The first-order valence-electron chi connectivity index (χ1n) is 7.63. The number of rotatable bonds is 3. The Morgan fingerprint density at radius 1 is 1.00 bits per heavy atom. The van der Waals surface area contributed by atoms with Crippen molar-refractivity contribution in [1.29, 1.82) is 0 Å². The molecule has 4 nitrogen and oxygen atoms in total. The molecule has 0 spiro atoms. The minimum absolute atomic E-state index is 0.830. The summed E-state index contributed by atoms with van der Waals surface area (Å²) in [5.74, 6) is 3.63. The van der Waals surface area contributed by atoms with Gasteiger partial charge in [-0.15, -0.1) is 0 Å². The molecule has 3 aliphatic rings. The first kappa shape index (κ1) is 11.6. The molecule has 1 aliphatic carbocycles. The third-order valence-corrected chi connectivity index (χ3v) is 4.93. The van der Waals surface area contributed by atoms with Crippen molar-refractivity contribution in [2.45, 2.75) is 19.3 Å². The lowest BCUT2D eigenvalue weighted by atomic mass is 9.88. The number of piperidine rings is 1. The van der Waals surface area contributed by atoms with Gasteiger partial charge in [-0.25, -0.2) is 9.97 Å². The smallest absolute Gasteiger partial charge is 0.225 e. The van der Waals surface area contributed by atoms with Crippen LogP contribution in [0.1, 0.15) is 19.3 Å². The molecular formula is C15H22N4. The molecule has 0 aromatic carbocycles. The van der Waals surface area contributed by atoms with Gasteiger partial charge >= 0.3 is 0 Å². The van der Waals surface area contributed by atoms with E-state index in [0.29, 0.717) is 0 Å². The van der Waals surface area contributed by atoms with Gasteiger partial charge in [0.05, 0.1) is 0 Å². The maximum atomic E-state index is 4.40. The summed E-state index contributed by atoms with van der Waals surface area (Å²) in [5.41, 5.74) is 0. The van der Waals surface area contributed by atoms with Crippen molar-refractivity contribution in [3.8, 4) is 0 Å². The summed E-state index contributed by atoms with van der Waals surface area (Å²) in [5, 5.41) is 0. The van der Waals surface area contributed by atoms with Crippen molar-refractivity contribution in [2.75, 3.05) is 37.6 Å². The zero-order valence-electron chi connectivity index (χ0n) is 11.4. The molecule has 4 heteroatoms. The van der Waals surface area contributed by atoms with Gasteiger partial charge < -0.3 is 9.80 Å². The molecule has 0 bridgehead atoms. The third kappa shape index (κ3) is 2.46. The van der Waals surface area contributed by atoms with Gasteiger partial charge in [-0.05, 0) is 49.6 Å². The van der Waals surface area contributed by atoms with E-state index in [9.17, 15) is 0 Å². The second-order valence-corrected chi connectivity index (χ2v) is 6.47. The van der Waals surface area contributed by atoms with Crippen molar-refractivity contribution >= 4 is 5.95 Å². The normalized spacial score (nSPS) is 31.5. The third-order valence-electron chi connectivity index (χ3n) is 4.93. The summed E-state index contributed by atoms with van der Waals surface area (Å²) < 4.78 is 0. The SMILES string of the molecule is c1cnc(N2C[C@H]3CN(CC4CC4)CC[C@H]3C2)nc1. The van der Waals surface area contributed by atoms with Gasteiger partial charge in [0.1, 0.15) is 0 Å². The van der Waals surface area contributed by atoms with E-state index >= 15 is 0 Å². The monoisotopic (exact) mass is 258 g/mol. The van der Waals surface area contributed by atoms with E-state index in [2.05, 4.69) is 19.8 Å². The van der Waals surface area contributed by atoms with Crippen LogP contribution in [0.25, 0.3) is 0 Å². The van der Waals surface area contributed by atoms with E-state index in [1.807, 2.05) is 18.5 Å². The first-order chi connectivity index (χ1) is 9.38. The highest BCUT2D eigenvalue weighted by Crippen LogP contribution is 2.35. The lowest BCUT2D eigenvalue weighted by molar-refractivity contribution is 0.143. The van der Waals surface area contributed by atoms with Crippen molar-refractivity contribution in [2.24, 2.45) is 17.8 Å². The van der Waals surface area contributed by atoms with Crippen molar-refractivity contribution < 1.29 is 0 Å². The maximum Gasteiger partial charge on any atom is 0.225 e. The molecule has 3 fully saturated rings. The average molecular weight is 258 g/mol. The van der Waals surface area contributed by atoms with Crippen LogP contribution >= 0.6 is 0 Å². The van der Waals surface area contributed by atoms with Gasteiger partial charge in [0.25, 0.3) is 0 Å². The second-order valence-electron chi connectivity index (χ2n) is 6.47. The number of fused-ring (bicyclic) bond motifs is 1. The average Bonchev–Trinajstić information content (AvgIpc) is 3.16. The maximum absolute atomic E-state index is 4.40. The Bertz CT molecular complexity index is 431. The van der Waals surface area contributed by atoms with Gasteiger partial charge in [0.15, 0.2) is 0 Å². The molecular weight excluding hydrogens is 236 g/mol. The first-order valence-corrected chi connectivity index (χ1v) is 7.63. The molecule has 2 saturated heterocycles. The summed E-state index contributed by atoms with van der Waals surface area (Å²) in [4.78, 5) is 13.9. The zero-order valence-corrected chi connectivity index (χ0v) is 11.4. The molecule has 0 radical (unpaired) electrons. The largest absolute Gasteiger partial charge is 0.340 e. The summed E-state index contributed by atoms with van der Waals surface area (Å²) in [7, 11) is 0. The molecule has 1 saturated carbocycles. The molecule has 102 valence electrons. The van der Waals surface area contributed by atoms with Crippen LogP contribution in [-0.2, 0) is 0 Å². The number of nitrogens with zero attached hydrogens (tertiary/aromatic N) is 4. The molecule has 0 N–H and O–H groups in total. The van der Waals surface area contributed by atoms with Gasteiger partial charge in [0, 0.05) is 38.6 Å². The molecule has 4 rings (SSSR count). The molecule has 2 aliphatic heterocycles. The van der Waals surface area contributed by atoms with E-state index < -0.39 is 0 Å². The van der Waals surface area contributed by atoms with Gasteiger partial charge in [0.2, 0.25) is 5.95 Å². The fourth-order valence-electron chi connectivity index (χ4n) is 3.69. The number of aromatic nitrogens is 2. The minimum Gasteiger partial charge on any atom is -0.340 e. The lowest BCUT2D eigenvalue weighted by Gasteiger charge is -2.34. The number of anilines is 1.